The fourth-order valence-corrected chi connectivity index (χ4v) is 1.12. The highest BCUT2D eigenvalue weighted by Crippen LogP contribution is 2.10. The van der Waals surface area contributed by atoms with E-state index in [0.717, 1.165) is 18.0 Å². The van der Waals surface area contributed by atoms with E-state index >= 15 is 0 Å². The van der Waals surface area contributed by atoms with Crippen LogP contribution < -0.4 is 11.3 Å². The lowest BCUT2D eigenvalue weighted by molar-refractivity contribution is 0.728. The number of benzene rings is 1. The molecule has 0 aliphatic rings. The number of halogens is 1. The molecule has 0 fully saturated rings. The average molecular weight is 171 g/mol. The van der Waals surface area contributed by atoms with Gasteiger partial charge < -0.3 is 0 Å². The van der Waals surface area contributed by atoms with Gasteiger partial charge in [-0.2, -0.15) is 0 Å². The third kappa shape index (κ3) is 2.89. The van der Waals surface area contributed by atoms with Crippen LogP contribution in [0.4, 0.5) is 0 Å². The lowest BCUT2D eigenvalue weighted by atomic mass is 10.1. The van der Waals surface area contributed by atoms with Gasteiger partial charge in [-0.25, -0.2) is 0 Å². The summed E-state index contributed by atoms with van der Waals surface area (Å²) in [7, 11) is 0. The van der Waals surface area contributed by atoms with Crippen LogP contribution in [0.15, 0.2) is 24.3 Å². The molecular weight excluding hydrogens is 160 g/mol. The molecule has 0 aliphatic heterocycles. The SMILES string of the molecule is NNCCc1cccc(Cl)c1. The Bertz CT molecular complexity index is 225. The van der Waals surface area contributed by atoms with Crippen molar-refractivity contribution in [1.29, 1.82) is 0 Å². The zero-order chi connectivity index (χ0) is 8.10. The molecule has 3 heteroatoms. The zero-order valence-corrected chi connectivity index (χ0v) is 6.93. The minimum Gasteiger partial charge on any atom is -0.271 e. The molecule has 0 bridgehead atoms. The summed E-state index contributed by atoms with van der Waals surface area (Å²) in [6, 6.07) is 7.78. The maximum absolute atomic E-state index is 5.77. The van der Waals surface area contributed by atoms with Crippen molar-refractivity contribution < 1.29 is 0 Å². The van der Waals surface area contributed by atoms with E-state index in [-0.39, 0.29) is 0 Å². The monoisotopic (exact) mass is 170 g/mol. The Morgan fingerprint density at radius 1 is 1.45 bits per heavy atom. The second-order valence-electron chi connectivity index (χ2n) is 2.33. The molecule has 60 valence electrons. The van der Waals surface area contributed by atoms with Crippen molar-refractivity contribution in [2.75, 3.05) is 6.54 Å². The topological polar surface area (TPSA) is 38.0 Å². The third-order valence-electron chi connectivity index (χ3n) is 1.45. The summed E-state index contributed by atoms with van der Waals surface area (Å²) < 4.78 is 0. The first-order valence-electron chi connectivity index (χ1n) is 3.51. The van der Waals surface area contributed by atoms with E-state index < -0.39 is 0 Å². The van der Waals surface area contributed by atoms with Gasteiger partial charge in [0.1, 0.15) is 0 Å². The number of nitrogens with two attached hydrogens (primary N) is 1. The second kappa shape index (κ2) is 4.34. The average Bonchev–Trinajstić information content (AvgIpc) is 2.01. The molecule has 0 radical (unpaired) electrons. The second-order valence-corrected chi connectivity index (χ2v) is 2.77. The van der Waals surface area contributed by atoms with E-state index in [2.05, 4.69) is 5.43 Å². The van der Waals surface area contributed by atoms with Crippen molar-refractivity contribution in [1.82, 2.24) is 5.43 Å². The number of hydrazine groups is 1. The Morgan fingerprint density at radius 3 is 2.91 bits per heavy atom. The minimum absolute atomic E-state index is 0.777. The molecule has 0 saturated heterocycles. The van der Waals surface area contributed by atoms with Crippen molar-refractivity contribution >= 4 is 11.6 Å². The summed E-state index contributed by atoms with van der Waals surface area (Å²) in [6.07, 6.45) is 0.914. The van der Waals surface area contributed by atoms with Crippen LogP contribution in [0.3, 0.4) is 0 Å². The molecule has 0 amide bonds. The molecule has 0 aliphatic carbocycles. The van der Waals surface area contributed by atoms with Crippen LogP contribution in [0, 0.1) is 0 Å². The first-order valence-corrected chi connectivity index (χ1v) is 3.88. The van der Waals surface area contributed by atoms with Gasteiger partial charge in [0.05, 0.1) is 0 Å². The number of hydrogen-bond acceptors (Lipinski definition) is 2. The molecule has 1 aromatic rings. The molecule has 0 unspecified atom stereocenters. The van der Waals surface area contributed by atoms with Crippen molar-refractivity contribution in [3.63, 3.8) is 0 Å². The quantitative estimate of drug-likeness (QED) is 0.531. The molecule has 0 saturated carbocycles. The smallest absolute Gasteiger partial charge is 0.0408 e. The summed E-state index contributed by atoms with van der Waals surface area (Å²) in [4.78, 5) is 0. The number of nitrogens with one attached hydrogen (secondary N) is 1. The molecular formula is C8H11ClN2. The molecule has 2 nitrogen and oxygen atoms in total. The largest absolute Gasteiger partial charge is 0.271 e. The van der Waals surface area contributed by atoms with Crippen LogP contribution in [-0.2, 0) is 6.42 Å². The van der Waals surface area contributed by atoms with E-state index in [9.17, 15) is 0 Å². The Kier molecular flexibility index (Phi) is 3.36. The molecule has 0 atom stereocenters. The lowest BCUT2D eigenvalue weighted by Gasteiger charge is -1.99. The van der Waals surface area contributed by atoms with Crippen molar-refractivity contribution in [2.45, 2.75) is 6.42 Å². The fourth-order valence-electron chi connectivity index (χ4n) is 0.909. The Hall–Kier alpha value is -0.570. The Labute approximate surface area is 71.3 Å². The Morgan fingerprint density at radius 2 is 2.27 bits per heavy atom. The van der Waals surface area contributed by atoms with Crippen LogP contribution in [-0.4, -0.2) is 6.54 Å². The van der Waals surface area contributed by atoms with Crippen LogP contribution in [0.1, 0.15) is 5.56 Å². The van der Waals surface area contributed by atoms with Crippen LogP contribution in [0.5, 0.6) is 0 Å². The number of rotatable bonds is 3. The first kappa shape index (κ1) is 8.53. The van der Waals surface area contributed by atoms with Crippen molar-refractivity contribution in [3.05, 3.63) is 34.9 Å². The number of hydrogen-bond donors (Lipinski definition) is 2. The summed E-state index contributed by atoms with van der Waals surface area (Å²) in [6.45, 7) is 0.778. The van der Waals surface area contributed by atoms with Gasteiger partial charge in [-0.1, -0.05) is 23.7 Å². The maximum Gasteiger partial charge on any atom is 0.0408 e. The van der Waals surface area contributed by atoms with Gasteiger partial charge >= 0.3 is 0 Å². The summed E-state index contributed by atoms with van der Waals surface area (Å²) in [5.74, 6) is 5.13. The van der Waals surface area contributed by atoms with Gasteiger partial charge in [0.2, 0.25) is 0 Å². The van der Waals surface area contributed by atoms with E-state index in [4.69, 9.17) is 17.4 Å². The van der Waals surface area contributed by atoms with Gasteiger partial charge in [-0.3, -0.25) is 11.3 Å². The van der Waals surface area contributed by atoms with E-state index in [1.807, 2.05) is 24.3 Å². The van der Waals surface area contributed by atoms with Gasteiger partial charge in [0.25, 0.3) is 0 Å². The summed E-state index contributed by atoms with van der Waals surface area (Å²) in [5, 5.41) is 0.777. The molecule has 1 aromatic carbocycles. The predicted octanol–water partition coefficient (Wildman–Crippen LogP) is 1.35. The molecule has 0 spiro atoms. The van der Waals surface area contributed by atoms with Crippen LogP contribution >= 0.6 is 11.6 Å². The van der Waals surface area contributed by atoms with E-state index in [0.29, 0.717) is 0 Å². The highest BCUT2D eigenvalue weighted by Gasteiger charge is 1.91. The van der Waals surface area contributed by atoms with Crippen LogP contribution in [0.25, 0.3) is 0 Å². The van der Waals surface area contributed by atoms with Gasteiger partial charge in [-0.05, 0) is 24.1 Å². The van der Waals surface area contributed by atoms with Gasteiger partial charge in [0.15, 0.2) is 0 Å². The maximum atomic E-state index is 5.77. The van der Waals surface area contributed by atoms with E-state index in [1.54, 1.807) is 0 Å². The van der Waals surface area contributed by atoms with Crippen molar-refractivity contribution in [2.24, 2.45) is 5.84 Å². The molecule has 3 N–H and O–H groups in total. The Balaban J connectivity index is 2.56. The highest BCUT2D eigenvalue weighted by molar-refractivity contribution is 6.30. The fraction of sp³-hybridized carbons (Fsp3) is 0.250. The molecule has 0 heterocycles. The lowest BCUT2D eigenvalue weighted by Crippen LogP contribution is -2.24. The predicted molar refractivity (Wildman–Crippen MR) is 47.3 cm³/mol. The third-order valence-corrected chi connectivity index (χ3v) is 1.68. The van der Waals surface area contributed by atoms with Crippen molar-refractivity contribution in [3.8, 4) is 0 Å². The first-order chi connectivity index (χ1) is 5.33. The molecule has 11 heavy (non-hydrogen) atoms. The van der Waals surface area contributed by atoms with E-state index in [1.165, 1.54) is 5.56 Å². The zero-order valence-electron chi connectivity index (χ0n) is 6.18. The normalized spacial score (nSPS) is 10.0. The van der Waals surface area contributed by atoms with Crippen LogP contribution in [0.2, 0.25) is 5.02 Å². The molecule has 1 rings (SSSR count). The van der Waals surface area contributed by atoms with Gasteiger partial charge in [-0.15, -0.1) is 0 Å². The highest BCUT2D eigenvalue weighted by atomic mass is 35.5. The van der Waals surface area contributed by atoms with Gasteiger partial charge in [0, 0.05) is 11.6 Å². The summed E-state index contributed by atoms with van der Waals surface area (Å²) >= 11 is 5.77. The minimum atomic E-state index is 0.777. The molecule has 0 aromatic heterocycles. The standard InChI is InChI=1S/C8H11ClN2/c9-8-3-1-2-7(6-8)4-5-11-10/h1-3,6,11H,4-5,10H2. The summed E-state index contributed by atoms with van der Waals surface area (Å²) in [5.41, 5.74) is 3.80.